The number of hydrogen-bond donors (Lipinski definition) is 1. The Labute approximate surface area is 112 Å². The van der Waals surface area contributed by atoms with Crippen LogP contribution < -0.4 is 0 Å². The highest BCUT2D eigenvalue weighted by Gasteiger charge is 2.39. The standard InChI is InChI=1S/C15H30N2O/c1-12-11-16(4)8-5-9-17(12)13-10-15(2,3)7-6-14(13)18/h12-14,18H,5-11H2,1-4H3. The summed E-state index contributed by atoms with van der Waals surface area (Å²) in [5, 5.41) is 10.4. The summed E-state index contributed by atoms with van der Waals surface area (Å²) < 4.78 is 0. The molecule has 2 rings (SSSR count). The average Bonchev–Trinajstić information content (AvgIpc) is 2.43. The maximum atomic E-state index is 10.4. The van der Waals surface area contributed by atoms with Crippen molar-refractivity contribution in [1.29, 1.82) is 0 Å². The van der Waals surface area contributed by atoms with Crippen LogP contribution in [0, 0.1) is 5.41 Å². The van der Waals surface area contributed by atoms with E-state index in [-0.39, 0.29) is 6.10 Å². The summed E-state index contributed by atoms with van der Waals surface area (Å²) in [6, 6.07) is 0.932. The van der Waals surface area contributed by atoms with Gasteiger partial charge in [-0.25, -0.2) is 0 Å². The molecule has 0 amide bonds. The van der Waals surface area contributed by atoms with Gasteiger partial charge in [-0.15, -0.1) is 0 Å². The third-order valence-electron chi connectivity index (χ3n) is 4.85. The van der Waals surface area contributed by atoms with Crippen LogP contribution in [0.15, 0.2) is 0 Å². The van der Waals surface area contributed by atoms with E-state index in [1.807, 2.05) is 0 Å². The summed E-state index contributed by atoms with van der Waals surface area (Å²) in [5.74, 6) is 0. The van der Waals surface area contributed by atoms with Gasteiger partial charge in [0.1, 0.15) is 0 Å². The zero-order valence-corrected chi connectivity index (χ0v) is 12.5. The molecule has 3 unspecified atom stereocenters. The molecule has 3 nitrogen and oxygen atoms in total. The zero-order valence-electron chi connectivity index (χ0n) is 12.5. The molecule has 3 atom stereocenters. The second kappa shape index (κ2) is 5.48. The molecule has 1 aliphatic carbocycles. The largest absolute Gasteiger partial charge is 0.391 e. The van der Waals surface area contributed by atoms with E-state index in [1.54, 1.807) is 0 Å². The number of rotatable bonds is 1. The Bertz CT molecular complexity index is 280. The van der Waals surface area contributed by atoms with Crippen LogP contribution >= 0.6 is 0 Å². The Morgan fingerprint density at radius 2 is 1.94 bits per heavy atom. The Morgan fingerprint density at radius 3 is 2.67 bits per heavy atom. The van der Waals surface area contributed by atoms with E-state index in [0.29, 0.717) is 17.5 Å². The van der Waals surface area contributed by atoms with Crippen LogP contribution in [0.1, 0.15) is 46.5 Å². The minimum absolute atomic E-state index is 0.121. The van der Waals surface area contributed by atoms with E-state index in [4.69, 9.17) is 0 Å². The lowest BCUT2D eigenvalue weighted by molar-refractivity contribution is -0.0302. The van der Waals surface area contributed by atoms with Gasteiger partial charge in [-0.3, -0.25) is 4.90 Å². The minimum Gasteiger partial charge on any atom is -0.391 e. The van der Waals surface area contributed by atoms with Crippen LogP contribution in [0.5, 0.6) is 0 Å². The van der Waals surface area contributed by atoms with Crippen LogP contribution in [-0.4, -0.2) is 59.8 Å². The fourth-order valence-electron chi connectivity index (χ4n) is 3.76. The number of aliphatic hydroxyl groups excluding tert-OH is 1. The first-order valence-corrected chi connectivity index (χ1v) is 7.51. The summed E-state index contributed by atoms with van der Waals surface area (Å²) in [6.07, 6.45) is 4.37. The first kappa shape index (κ1) is 14.3. The molecule has 0 aromatic rings. The highest BCUT2D eigenvalue weighted by atomic mass is 16.3. The van der Waals surface area contributed by atoms with Gasteiger partial charge >= 0.3 is 0 Å². The van der Waals surface area contributed by atoms with E-state index >= 15 is 0 Å². The monoisotopic (exact) mass is 254 g/mol. The molecule has 106 valence electrons. The van der Waals surface area contributed by atoms with Crippen LogP contribution in [0.4, 0.5) is 0 Å². The molecule has 3 heteroatoms. The lowest BCUT2D eigenvalue weighted by Crippen LogP contribution is -2.53. The van der Waals surface area contributed by atoms with E-state index < -0.39 is 0 Å². The molecule has 0 radical (unpaired) electrons. The Morgan fingerprint density at radius 1 is 1.22 bits per heavy atom. The fraction of sp³-hybridized carbons (Fsp3) is 1.00. The second-order valence-electron chi connectivity index (χ2n) is 7.24. The smallest absolute Gasteiger partial charge is 0.0695 e. The summed E-state index contributed by atoms with van der Waals surface area (Å²) in [6.45, 7) is 10.5. The molecule has 0 bridgehead atoms. The predicted molar refractivity (Wildman–Crippen MR) is 75.7 cm³/mol. The van der Waals surface area contributed by atoms with Crippen molar-refractivity contribution < 1.29 is 5.11 Å². The van der Waals surface area contributed by atoms with Crippen molar-refractivity contribution in [1.82, 2.24) is 9.80 Å². The second-order valence-corrected chi connectivity index (χ2v) is 7.24. The van der Waals surface area contributed by atoms with Gasteiger partial charge in [0.05, 0.1) is 6.10 Å². The lowest BCUT2D eigenvalue weighted by atomic mass is 9.73. The van der Waals surface area contributed by atoms with Gasteiger partial charge in [0.2, 0.25) is 0 Å². The van der Waals surface area contributed by atoms with Gasteiger partial charge in [-0.1, -0.05) is 13.8 Å². The maximum absolute atomic E-state index is 10.4. The fourth-order valence-corrected chi connectivity index (χ4v) is 3.76. The molecular weight excluding hydrogens is 224 g/mol. The SMILES string of the molecule is CC1CN(C)CCCN1C1CC(C)(C)CCC1O. The van der Waals surface area contributed by atoms with E-state index in [9.17, 15) is 5.11 Å². The Kier molecular flexibility index (Phi) is 4.35. The molecule has 1 saturated carbocycles. The maximum Gasteiger partial charge on any atom is 0.0695 e. The molecule has 1 saturated heterocycles. The number of nitrogens with zero attached hydrogens (tertiary/aromatic N) is 2. The number of likely N-dealkylation sites (N-methyl/N-ethyl adjacent to an activating group) is 1. The predicted octanol–water partition coefficient (Wildman–Crippen LogP) is 1.95. The van der Waals surface area contributed by atoms with Crippen molar-refractivity contribution in [3.8, 4) is 0 Å². The van der Waals surface area contributed by atoms with Gasteiger partial charge in [0.15, 0.2) is 0 Å². The highest BCUT2D eigenvalue weighted by Crippen LogP contribution is 2.38. The van der Waals surface area contributed by atoms with Crippen molar-refractivity contribution in [3.63, 3.8) is 0 Å². The van der Waals surface area contributed by atoms with Gasteiger partial charge < -0.3 is 10.0 Å². The Hall–Kier alpha value is -0.120. The van der Waals surface area contributed by atoms with Crippen molar-refractivity contribution >= 4 is 0 Å². The van der Waals surface area contributed by atoms with Crippen LogP contribution in [-0.2, 0) is 0 Å². The van der Waals surface area contributed by atoms with Crippen molar-refractivity contribution in [2.24, 2.45) is 5.41 Å². The third-order valence-corrected chi connectivity index (χ3v) is 4.85. The minimum atomic E-state index is -0.121. The molecule has 18 heavy (non-hydrogen) atoms. The average molecular weight is 254 g/mol. The first-order valence-electron chi connectivity index (χ1n) is 7.51. The molecule has 2 aliphatic rings. The lowest BCUT2D eigenvalue weighted by Gasteiger charge is -2.46. The van der Waals surface area contributed by atoms with Gasteiger partial charge in [-0.2, -0.15) is 0 Å². The molecular formula is C15H30N2O. The van der Waals surface area contributed by atoms with Gasteiger partial charge in [-0.05, 0) is 51.6 Å². The summed E-state index contributed by atoms with van der Waals surface area (Å²) in [7, 11) is 2.21. The molecule has 2 fully saturated rings. The van der Waals surface area contributed by atoms with Crippen LogP contribution in [0.25, 0.3) is 0 Å². The number of hydrogen-bond acceptors (Lipinski definition) is 3. The van der Waals surface area contributed by atoms with Crippen molar-refractivity contribution in [2.75, 3.05) is 26.7 Å². The first-order chi connectivity index (χ1) is 8.39. The third kappa shape index (κ3) is 3.25. The molecule has 0 aromatic carbocycles. The highest BCUT2D eigenvalue weighted by molar-refractivity contribution is 4.93. The summed E-state index contributed by atoms with van der Waals surface area (Å²) in [5.41, 5.74) is 0.391. The molecule has 0 spiro atoms. The van der Waals surface area contributed by atoms with Crippen molar-refractivity contribution in [2.45, 2.75) is 64.6 Å². The normalized spacial score (nSPS) is 39.5. The van der Waals surface area contributed by atoms with Crippen LogP contribution in [0.2, 0.25) is 0 Å². The Balaban J connectivity index is 2.07. The van der Waals surface area contributed by atoms with Crippen molar-refractivity contribution in [3.05, 3.63) is 0 Å². The van der Waals surface area contributed by atoms with E-state index in [0.717, 1.165) is 32.4 Å². The summed E-state index contributed by atoms with van der Waals surface area (Å²) in [4.78, 5) is 5.00. The molecule has 0 aromatic heterocycles. The summed E-state index contributed by atoms with van der Waals surface area (Å²) >= 11 is 0. The van der Waals surface area contributed by atoms with Gasteiger partial charge in [0.25, 0.3) is 0 Å². The van der Waals surface area contributed by atoms with E-state index in [2.05, 4.69) is 37.6 Å². The zero-order chi connectivity index (χ0) is 13.3. The molecule has 1 aliphatic heterocycles. The quantitative estimate of drug-likeness (QED) is 0.775. The van der Waals surface area contributed by atoms with Crippen LogP contribution in [0.3, 0.4) is 0 Å². The molecule has 1 heterocycles. The van der Waals surface area contributed by atoms with E-state index in [1.165, 1.54) is 13.0 Å². The topological polar surface area (TPSA) is 26.7 Å². The molecule has 1 N–H and O–H groups in total. The number of aliphatic hydroxyl groups is 1. The van der Waals surface area contributed by atoms with Gasteiger partial charge in [0, 0.05) is 25.2 Å².